The Morgan fingerprint density at radius 1 is 1.25 bits per heavy atom. The van der Waals surface area contributed by atoms with Crippen LogP contribution in [-0.4, -0.2) is 9.13 Å². The molecule has 0 amide bonds. The van der Waals surface area contributed by atoms with Crippen molar-refractivity contribution in [2.24, 2.45) is 19.8 Å². The summed E-state index contributed by atoms with van der Waals surface area (Å²) >= 11 is 3.53. The van der Waals surface area contributed by atoms with Crippen molar-refractivity contribution in [2.45, 2.75) is 6.04 Å². The molecule has 3 rings (SSSR count). The minimum Gasteiger partial charge on any atom is -0.467 e. The molecular weight excluding hydrogens is 322 g/mol. The number of imidazole rings is 1. The molecule has 2 aromatic heterocycles. The molecule has 0 saturated carbocycles. The third kappa shape index (κ3) is 1.83. The molecule has 0 fully saturated rings. The van der Waals surface area contributed by atoms with Crippen LogP contribution in [0, 0.1) is 0 Å². The average molecular weight is 336 g/mol. The first-order chi connectivity index (χ1) is 9.50. The molecule has 2 N–H and O–H groups in total. The fourth-order valence-corrected chi connectivity index (χ4v) is 2.97. The summed E-state index contributed by atoms with van der Waals surface area (Å²) in [5.74, 6) is 0.686. The number of rotatable bonds is 2. The van der Waals surface area contributed by atoms with Gasteiger partial charge in [0.25, 0.3) is 0 Å². The van der Waals surface area contributed by atoms with Gasteiger partial charge in [0.15, 0.2) is 0 Å². The summed E-state index contributed by atoms with van der Waals surface area (Å²) in [5.41, 5.74) is 8.76. The molecule has 6 heteroatoms. The zero-order valence-electron chi connectivity index (χ0n) is 11.1. The largest absolute Gasteiger partial charge is 0.467 e. The van der Waals surface area contributed by atoms with E-state index in [1.165, 1.54) is 0 Å². The van der Waals surface area contributed by atoms with Gasteiger partial charge in [0, 0.05) is 18.6 Å². The van der Waals surface area contributed by atoms with Crippen LogP contribution in [-0.2, 0) is 14.1 Å². The zero-order chi connectivity index (χ0) is 14.4. The first-order valence-corrected chi connectivity index (χ1v) is 6.94. The van der Waals surface area contributed by atoms with Crippen molar-refractivity contribution in [1.29, 1.82) is 0 Å². The van der Waals surface area contributed by atoms with Gasteiger partial charge in [0.1, 0.15) is 5.76 Å². The SMILES string of the molecule is Cn1c(=O)n(C)c2cc(C(N)c3ccco3)c(Br)cc21. The topological polar surface area (TPSA) is 66.1 Å². The molecule has 0 radical (unpaired) electrons. The summed E-state index contributed by atoms with van der Waals surface area (Å²) in [6, 6.07) is 7.10. The minimum absolute atomic E-state index is 0.0596. The number of fused-ring (bicyclic) bond motifs is 1. The van der Waals surface area contributed by atoms with E-state index in [4.69, 9.17) is 10.2 Å². The summed E-state index contributed by atoms with van der Waals surface area (Å²) in [5, 5.41) is 0. The Morgan fingerprint density at radius 2 is 1.90 bits per heavy atom. The Kier molecular flexibility index (Phi) is 3.07. The van der Waals surface area contributed by atoms with E-state index in [0.717, 1.165) is 21.1 Å². The van der Waals surface area contributed by atoms with Crippen LogP contribution in [0.5, 0.6) is 0 Å². The second-order valence-corrected chi connectivity index (χ2v) is 5.61. The predicted octanol–water partition coefficient (Wildman–Crippen LogP) is 2.28. The number of benzene rings is 1. The summed E-state index contributed by atoms with van der Waals surface area (Å²) < 4.78 is 9.44. The summed E-state index contributed by atoms with van der Waals surface area (Å²) in [6.07, 6.45) is 1.60. The molecule has 1 aromatic carbocycles. The monoisotopic (exact) mass is 335 g/mol. The Morgan fingerprint density at radius 3 is 2.50 bits per heavy atom. The lowest BCUT2D eigenvalue weighted by atomic mass is 10.0. The highest BCUT2D eigenvalue weighted by Crippen LogP contribution is 2.30. The van der Waals surface area contributed by atoms with Crippen LogP contribution in [0.3, 0.4) is 0 Å². The molecule has 0 spiro atoms. The van der Waals surface area contributed by atoms with E-state index in [9.17, 15) is 4.79 Å². The molecule has 0 aliphatic heterocycles. The molecular formula is C14H14BrN3O2. The highest BCUT2D eigenvalue weighted by atomic mass is 79.9. The fourth-order valence-electron chi connectivity index (χ4n) is 2.40. The van der Waals surface area contributed by atoms with Crippen molar-refractivity contribution >= 4 is 27.0 Å². The Balaban J connectivity index is 2.25. The van der Waals surface area contributed by atoms with E-state index in [1.54, 1.807) is 35.6 Å². The van der Waals surface area contributed by atoms with Gasteiger partial charge in [-0.3, -0.25) is 9.13 Å². The van der Waals surface area contributed by atoms with E-state index in [0.29, 0.717) is 5.76 Å². The van der Waals surface area contributed by atoms with Crippen LogP contribution < -0.4 is 11.4 Å². The van der Waals surface area contributed by atoms with Gasteiger partial charge < -0.3 is 10.2 Å². The quantitative estimate of drug-likeness (QED) is 0.781. The number of halogens is 1. The number of aromatic nitrogens is 2. The molecule has 0 bridgehead atoms. The molecule has 104 valence electrons. The van der Waals surface area contributed by atoms with Gasteiger partial charge in [-0.15, -0.1) is 0 Å². The van der Waals surface area contributed by atoms with Crippen LogP contribution in [0.4, 0.5) is 0 Å². The third-order valence-electron chi connectivity index (χ3n) is 3.58. The maximum atomic E-state index is 12.0. The molecule has 1 atom stereocenters. The minimum atomic E-state index is -0.376. The Bertz CT molecular complexity index is 830. The maximum absolute atomic E-state index is 12.0. The molecule has 0 aliphatic carbocycles. The van der Waals surface area contributed by atoms with E-state index in [1.807, 2.05) is 18.2 Å². The smallest absolute Gasteiger partial charge is 0.328 e. The van der Waals surface area contributed by atoms with Gasteiger partial charge in [-0.05, 0) is 29.8 Å². The van der Waals surface area contributed by atoms with Gasteiger partial charge in [0.2, 0.25) is 0 Å². The normalized spacial score (nSPS) is 13.0. The van der Waals surface area contributed by atoms with Crippen molar-refractivity contribution in [2.75, 3.05) is 0 Å². The standard InChI is InChI=1S/C14H14BrN3O2/c1-17-10-6-8(13(16)12-4-3-5-20-12)9(15)7-11(10)18(2)14(17)19/h3-7,13H,16H2,1-2H3. The summed E-state index contributed by atoms with van der Waals surface area (Å²) in [6.45, 7) is 0. The lowest BCUT2D eigenvalue weighted by molar-refractivity contribution is 0.489. The summed E-state index contributed by atoms with van der Waals surface area (Å²) in [7, 11) is 3.50. The molecule has 20 heavy (non-hydrogen) atoms. The van der Waals surface area contributed by atoms with Crippen LogP contribution >= 0.6 is 15.9 Å². The first kappa shape index (κ1) is 13.2. The molecule has 5 nitrogen and oxygen atoms in total. The molecule has 0 aliphatic rings. The van der Waals surface area contributed by atoms with E-state index in [-0.39, 0.29) is 11.7 Å². The van der Waals surface area contributed by atoms with Crippen molar-refractivity contribution in [3.05, 3.63) is 56.8 Å². The number of aryl methyl sites for hydroxylation is 2. The lowest BCUT2D eigenvalue weighted by Crippen LogP contribution is -2.19. The second kappa shape index (κ2) is 4.64. The number of hydrogen-bond acceptors (Lipinski definition) is 3. The van der Waals surface area contributed by atoms with Gasteiger partial charge in [-0.25, -0.2) is 4.79 Å². The van der Waals surface area contributed by atoms with Crippen LogP contribution in [0.2, 0.25) is 0 Å². The van der Waals surface area contributed by atoms with E-state index < -0.39 is 0 Å². The van der Waals surface area contributed by atoms with Gasteiger partial charge in [-0.2, -0.15) is 0 Å². The number of hydrogen-bond donors (Lipinski definition) is 1. The zero-order valence-corrected chi connectivity index (χ0v) is 12.7. The van der Waals surface area contributed by atoms with Gasteiger partial charge >= 0.3 is 5.69 Å². The number of furan rings is 1. The predicted molar refractivity (Wildman–Crippen MR) is 80.6 cm³/mol. The van der Waals surface area contributed by atoms with E-state index >= 15 is 0 Å². The van der Waals surface area contributed by atoms with Crippen LogP contribution in [0.25, 0.3) is 11.0 Å². The summed E-state index contributed by atoms with van der Waals surface area (Å²) in [4.78, 5) is 12.0. The Labute approximate surface area is 123 Å². The fraction of sp³-hybridized carbons (Fsp3) is 0.214. The second-order valence-electron chi connectivity index (χ2n) is 4.76. The number of nitrogens with zero attached hydrogens (tertiary/aromatic N) is 2. The first-order valence-electron chi connectivity index (χ1n) is 6.14. The van der Waals surface area contributed by atoms with Crippen LogP contribution in [0.1, 0.15) is 17.4 Å². The van der Waals surface area contributed by atoms with Crippen molar-refractivity contribution in [1.82, 2.24) is 9.13 Å². The molecule has 2 heterocycles. The molecule has 3 aromatic rings. The van der Waals surface area contributed by atoms with Crippen molar-refractivity contribution in [3.63, 3.8) is 0 Å². The third-order valence-corrected chi connectivity index (χ3v) is 4.26. The van der Waals surface area contributed by atoms with Gasteiger partial charge in [0.05, 0.1) is 23.3 Å². The maximum Gasteiger partial charge on any atom is 0.328 e. The van der Waals surface area contributed by atoms with Crippen molar-refractivity contribution in [3.8, 4) is 0 Å². The highest BCUT2D eigenvalue weighted by molar-refractivity contribution is 9.10. The Hall–Kier alpha value is -1.79. The highest BCUT2D eigenvalue weighted by Gasteiger charge is 2.18. The lowest BCUT2D eigenvalue weighted by Gasteiger charge is -2.12. The molecule has 1 unspecified atom stereocenters. The number of nitrogens with two attached hydrogens (primary N) is 1. The molecule has 0 saturated heterocycles. The van der Waals surface area contributed by atoms with Gasteiger partial charge in [-0.1, -0.05) is 15.9 Å². The van der Waals surface area contributed by atoms with E-state index in [2.05, 4.69) is 15.9 Å². The average Bonchev–Trinajstić information content (AvgIpc) is 3.03. The van der Waals surface area contributed by atoms with Crippen LogP contribution in [0.15, 0.2) is 44.2 Å². The van der Waals surface area contributed by atoms with Crippen molar-refractivity contribution < 1.29 is 4.42 Å².